The Hall–Kier alpha value is -3.02. The predicted octanol–water partition coefficient (Wildman–Crippen LogP) is 7.03. The molecule has 3 nitrogen and oxygen atoms in total. The van der Waals surface area contributed by atoms with Gasteiger partial charge in [0.05, 0.1) is 17.9 Å². The van der Waals surface area contributed by atoms with E-state index in [0.717, 1.165) is 47.8 Å². The number of halogens is 3. The van der Waals surface area contributed by atoms with Crippen molar-refractivity contribution in [2.45, 2.75) is 63.7 Å². The van der Waals surface area contributed by atoms with Crippen molar-refractivity contribution in [3.05, 3.63) is 81.6 Å². The minimum atomic E-state index is -4.40. The van der Waals surface area contributed by atoms with Crippen molar-refractivity contribution >= 4 is 5.84 Å². The maximum atomic E-state index is 13.3. The van der Waals surface area contributed by atoms with Crippen LogP contribution in [0.3, 0.4) is 0 Å². The standard InChI is InChI=1S/C27H25F3N2O/c1-14-13-33-24-18-9-10-19-17(8-5-11-26(19,2)3)21(18)23-22(20(14)24)31-25(32-23)15-6-4-7-16(12-15)27(28,29)30/h4,6-7,9-10,12-13,22-23H,5,8,11H2,1-3H3,(H,31,32). The zero-order valence-electron chi connectivity index (χ0n) is 18.8. The van der Waals surface area contributed by atoms with Crippen LogP contribution < -0.4 is 5.32 Å². The van der Waals surface area contributed by atoms with Crippen molar-refractivity contribution < 1.29 is 17.6 Å². The quantitative estimate of drug-likeness (QED) is 0.432. The number of amidine groups is 1. The largest absolute Gasteiger partial charge is 0.464 e. The van der Waals surface area contributed by atoms with Gasteiger partial charge >= 0.3 is 6.18 Å². The predicted molar refractivity (Wildman–Crippen MR) is 121 cm³/mol. The first-order valence-electron chi connectivity index (χ1n) is 11.4. The number of rotatable bonds is 1. The molecule has 0 radical (unpaired) electrons. The molecule has 0 saturated heterocycles. The highest BCUT2D eigenvalue weighted by Gasteiger charge is 2.44. The molecule has 2 atom stereocenters. The molecule has 2 heterocycles. The summed E-state index contributed by atoms with van der Waals surface area (Å²) in [4.78, 5) is 5.02. The first kappa shape index (κ1) is 20.6. The van der Waals surface area contributed by atoms with Gasteiger partial charge in [0, 0.05) is 16.7 Å². The lowest BCUT2D eigenvalue weighted by Gasteiger charge is -2.37. The smallest absolute Gasteiger partial charge is 0.416 e. The maximum absolute atomic E-state index is 13.3. The Morgan fingerprint density at radius 1 is 1.12 bits per heavy atom. The number of furan rings is 1. The highest BCUT2D eigenvalue weighted by Crippen LogP contribution is 2.54. The molecule has 170 valence electrons. The molecule has 6 rings (SSSR count). The number of alkyl halides is 3. The monoisotopic (exact) mass is 450 g/mol. The van der Waals surface area contributed by atoms with Crippen LogP contribution in [0.2, 0.25) is 0 Å². The highest BCUT2D eigenvalue weighted by atomic mass is 19.4. The number of nitrogens with one attached hydrogen (secondary N) is 1. The summed E-state index contributed by atoms with van der Waals surface area (Å²) >= 11 is 0. The number of hydrogen-bond acceptors (Lipinski definition) is 3. The molecule has 1 N–H and O–H groups in total. The van der Waals surface area contributed by atoms with Gasteiger partial charge in [-0.05, 0) is 66.0 Å². The van der Waals surface area contributed by atoms with Gasteiger partial charge < -0.3 is 9.73 Å². The second-order valence-electron chi connectivity index (χ2n) is 10.1. The molecule has 1 aromatic heterocycles. The normalized spacial score (nSPS) is 22.5. The first-order chi connectivity index (χ1) is 15.6. The van der Waals surface area contributed by atoms with Gasteiger partial charge in [-0.2, -0.15) is 13.2 Å². The molecule has 33 heavy (non-hydrogen) atoms. The number of nitrogens with zero attached hydrogens (tertiary/aromatic N) is 1. The van der Waals surface area contributed by atoms with Crippen LogP contribution in [0.4, 0.5) is 13.2 Å². The van der Waals surface area contributed by atoms with Crippen molar-refractivity contribution in [3.63, 3.8) is 0 Å². The Morgan fingerprint density at radius 3 is 2.73 bits per heavy atom. The third-order valence-electron chi connectivity index (χ3n) is 7.53. The van der Waals surface area contributed by atoms with Gasteiger partial charge in [-0.1, -0.05) is 38.1 Å². The fourth-order valence-electron chi connectivity index (χ4n) is 5.93. The minimum Gasteiger partial charge on any atom is -0.464 e. The van der Waals surface area contributed by atoms with Crippen LogP contribution in [0.15, 0.2) is 52.1 Å². The summed E-state index contributed by atoms with van der Waals surface area (Å²) in [5, 5.41) is 3.46. The first-order valence-corrected chi connectivity index (χ1v) is 11.4. The molecule has 3 aliphatic rings. The van der Waals surface area contributed by atoms with E-state index in [1.165, 1.54) is 28.8 Å². The molecule has 0 fully saturated rings. The molecule has 0 spiro atoms. The van der Waals surface area contributed by atoms with Gasteiger partial charge in [-0.25, -0.2) is 0 Å². The lowest BCUT2D eigenvalue weighted by molar-refractivity contribution is -0.137. The Morgan fingerprint density at radius 2 is 1.94 bits per heavy atom. The van der Waals surface area contributed by atoms with E-state index >= 15 is 0 Å². The molecule has 6 heteroatoms. The lowest BCUT2D eigenvalue weighted by Crippen LogP contribution is -2.30. The van der Waals surface area contributed by atoms with Gasteiger partial charge in [-0.3, -0.25) is 4.99 Å². The van der Waals surface area contributed by atoms with Gasteiger partial charge in [0.25, 0.3) is 0 Å². The zero-order chi connectivity index (χ0) is 23.1. The third kappa shape index (κ3) is 2.99. The minimum absolute atomic E-state index is 0.0804. The number of aryl methyl sites for hydroxylation is 1. The van der Waals surface area contributed by atoms with Gasteiger partial charge in [0.15, 0.2) is 0 Å². The average molecular weight is 451 g/mol. The van der Waals surface area contributed by atoms with Crippen LogP contribution in [0, 0.1) is 6.92 Å². The summed E-state index contributed by atoms with van der Waals surface area (Å²) in [7, 11) is 0. The Balaban J connectivity index is 1.55. The third-order valence-corrected chi connectivity index (χ3v) is 7.53. The second-order valence-corrected chi connectivity index (χ2v) is 10.1. The van der Waals surface area contributed by atoms with E-state index in [0.29, 0.717) is 11.4 Å². The summed E-state index contributed by atoms with van der Waals surface area (Å²) in [6.07, 6.45) is 0.594. The summed E-state index contributed by atoms with van der Waals surface area (Å²) in [6.45, 7) is 6.57. The summed E-state index contributed by atoms with van der Waals surface area (Å²) in [5.41, 5.74) is 6.85. The van der Waals surface area contributed by atoms with E-state index in [1.807, 2.05) is 6.92 Å². The number of hydrogen-bond donors (Lipinski definition) is 1. The molecule has 3 aromatic rings. The van der Waals surface area contributed by atoms with E-state index < -0.39 is 11.7 Å². The average Bonchev–Trinajstić information content (AvgIpc) is 3.37. The van der Waals surface area contributed by atoms with Crippen LogP contribution in [0.5, 0.6) is 0 Å². The topological polar surface area (TPSA) is 37.5 Å². The maximum Gasteiger partial charge on any atom is 0.416 e. The van der Waals surface area contributed by atoms with E-state index in [4.69, 9.17) is 9.41 Å². The van der Waals surface area contributed by atoms with Crippen LogP contribution in [-0.2, 0) is 18.0 Å². The van der Waals surface area contributed by atoms with Gasteiger partial charge in [0.2, 0.25) is 0 Å². The number of benzene rings is 2. The van der Waals surface area contributed by atoms with Crippen LogP contribution >= 0.6 is 0 Å². The van der Waals surface area contributed by atoms with Crippen LogP contribution in [-0.4, -0.2) is 5.84 Å². The Bertz CT molecular complexity index is 1320. The van der Waals surface area contributed by atoms with Crippen molar-refractivity contribution in [2.24, 2.45) is 4.99 Å². The van der Waals surface area contributed by atoms with E-state index in [2.05, 4.69) is 31.3 Å². The van der Waals surface area contributed by atoms with Crippen molar-refractivity contribution in [2.75, 3.05) is 0 Å². The molecule has 2 aromatic carbocycles. The molecule has 1 aliphatic heterocycles. The van der Waals surface area contributed by atoms with E-state index in [1.54, 1.807) is 12.3 Å². The molecule has 2 aliphatic carbocycles. The summed E-state index contributed by atoms with van der Waals surface area (Å²) in [6, 6.07) is 9.43. The van der Waals surface area contributed by atoms with Gasteiger partial charge in [0.1, 0.15) is 17.6 Å². The fraction of sp³-hybridized carbons (Fsp3) is 0.370. The lowest BCUT2D eigenvalue weighted by atomic mass is 9.68. The molecule has 0 bridgehead atoms. The zero-order valence-corrected chi connectivity index (χ0v) is 18.8. The highest BCUT2D eigenvalue weighted by molar-refractivity contribution is 6.01. The second kappa shape index (κ2) is 6.75. The molecular formula is C27H25F3N2O. The van der Waals surface area contributed by atoms with E-state index in [-0.39, 0.29) is 17.5 Å². The van der Waals surface area contributed by atoms with Crippen LogP contribution in [0.25, 0.3) is 11.3 Å². The number of fused-ring (bicyclic) bond motifs is 8. The summed E-state index contributed by atoms with van der Waals surface area (Å²) < 4.78 is 46.1. The molecular weight excluding hydrogens is 425 g/mol. The van der Waals surface area contributed by atoms with Crippen molar-refractivity contribution in [3.8, 4) is 11.3 Å². The molecule has 2 unspecified atom stereocenters. The summed E-state index contributed by atoms with van der Waals surface area (Å²) in [5.74, 6) is 1.35. The Labute approximate surface area is 190 Å². The SMILES string of the molecule is Cc1coc2c1C1NC(c3cccc(C(F)(F)F)c3)=NC1c1c-2ccc2c1CCCC2(C)C. The molecule has 0 saturated carbocycles. The van der Waals surface area contributed by atoms with Crippen LogP contribution in [0.1, 0.15) is 77.7 Å². The molecule has 0 amide bonds. The fourth-order valence-corrected chi connectivity index (χ4v) is 5.93. The number of aliphatic imine (C=N–C) groups is 1. The Kier molecular flexibility index (Phi) is 4.21. The van der Waals surface area contributed by atoms with Crippen molar-refractivity contribution in [1.29, 1.82) is 0 Å². The van der Waals surface area contributed by atoms with E-state index in [9.17, 15) is 13.2 Å². The van der Waals surface area contributed by atoms with Gasteiger partial charge in [-0.15, -0.1) is 0 Å². The van der Waals surface area contributed by atoms with Crippen molar-refractivity contribution in [1.82, 2.24) is 5.32 Å².